The molecule has 140 valence electrons. The molecule has 2 heterocycles. The van der Waals surface area contributed by atoms with E-state index in [-0.39, 0.29) is 5.82 Å². The average molecular weight is 364 g/mol. The van der Waals surface area contributed by atoms with Gasteiger partial charge in [0.15, 0.2) is 0 Å². The summed E-state index contributed by atoms with van der Waals surface area (Å²) in [5.41, 5.74) is 2.04. The highest BCUT2D eigenvalue weighted by atomic mass is 19.1. The summed E-state index contributed by atoms with van der Waals surface area (Å²) in [6.45, 7) is 4.16. The summed E-state index contributed by atoms with van der Waals surface area (Å²) in [6.07, 6.45) is 9.93. The number of hydrogen-bond acceptors (Lipinski definition) is 2. The smallest absolute Gasteiger partial charge is 0.123 e. The first kappa shape index (κ1) is 17.8. The molecule has 27 heavy (non-hydrogen) atoms. The molecular formula is C23H25FN2O. The van der Waals surface area contributed by atoms with Gasteiger partial charge in [-0.05, 0) is 74.3 Å². The lowest BCUT2D eigenvalue weighted by molar-refractivity contribution is 0.264. The lowest BCUT2D eigenvalue weighted by Gasteiger charge is -2.22. The predicted molar refractivity (Wildman–Crippen MR) is 108 cm³/mol. The van der Waals surface area contributed by atoms with E-state index in [0.717, 1.165) is 54.9 Å². The van der Waals surface area contributed by atoms with Gasteiger partial charge in [0.25, 0.3) is 0 Å². The number of unbranched alkanes of at least 4 members (excludes halogenated alkanes) is 1. The van der Waals surface area contributed by atoms with E-state index in [1.165, 1.54) is 25.1 Å². The molecule has 3 nitrogen and oxygen atoms in total. The van der Waals surface area contributed by atoms with Crippen molar-refractivity contribution in [2.75, 3.05) is 26.2 Å². The van der Waals surface area contributed by atoms with Crippen LogP contribution in [0.15, 0.2) is 66.9 Å². The number of ether oxygens (including phenoxy) is 1. The van der Waals surface area contributed by atoms with Gasteiger partial charge >= 0.3 is 0 Å². The van der Waals surface area contributed by atoms with Gasteiger partial charge in [-0.2, -0.15) is 0 Å². The molecule has 0 fully saturated rings. The maximum Gasteiger partial charge on any atom is 0.123 e. The van der Waals surface area contributed by atoms with Crippen LogP contribution >= 0.6 is 0 Å². The summed E-state index contributed by atoms with van der Waals surface area (Å²) in [5.74, 6) is 0.683. The highest BCUT2D eigenvalue weighted by Gasteiger charge is 2.07. The molecule has 3 aromatic rings. The number of fused-ring (bicyclic) bond motifs is 1. The minimum absolute atomic E-state index is 0.220. The van der Waals surface area contributed by atoms with Gasteiger partial charge in [0.05, 0.1) is 12.1 Å². The standard InChI is InChI=1S/C23H25FN2O/c24-20-6-8-21(9-7-20)26-16-12-19-18-22(10-11-23(19)26)27-17-5-4-15-25-13-2-1-3-14-25/h1-2,6-12,16,18H,3-5,13-15,17H2. The zero-order valence-corrected chi connectivity index (χ0v) is 15.5. The Hall–Kier alpha value is -2.59. The van der Waals surface area contributed by atoms with Crippen LogP contribution in [0.4, 0.5) is 4.39 Å². The molecule has 0 saturated heterocycles. The van der Waals surface area contributed by atoms with E-state index in [0.29, 0.717) is 0 Å². The summed E-state index contributed by atoms with van der Waals surface area (Å²) in [6, 6.07) is 14.8. The van der Waals surface area contributed by atoms with Gasteiger partial charge in [-0.1, -0.05) is 12.2 Å². The minimum atomic E-state index is -0.220. The third-order valence-corrected chi connectivity index (χ3v) is 5.05. The quantitative estimate of drug-likeness (QED) is 0.424. The summed E-state index contributed by atoms with van der Waals surface area (Å²) in [7, 11) is 0. The molecule has 4 heteroatoms. The van der Waals surface area contributed by atoms with Crippen LogP contribution in [0.1, 0.15) is 19.3 Å². The summed E-state index contributed by atoms with van der Waals surface area (Å²) >= 11 is 0. The number of rotatable bonds is 7. The van der Waals surface area contributed by atoms with Crippen LogP contribution in [0.25, 0.3) is 16.6 Å². The van der Waals surface area contributed by atoms with Crippen molar-refractivity contribution >= 4 is 10.9 Å². The normalized spacial score (nSPS) is 14.7. The zero-order valence-electron chi connectivity index (χ0n) is 15.5. The van der Waals surface area contributed by atoms with Gasteiger partial charge in [0.2, 0.25) is 0 Å². The Morgan fingerprint density at radius 2 is 1.85 bits per heavy atom. The Bertz CT molecular complexity index is 914. The molecule has 0 amide bonds. The van der Waals surface area contributed by atoms with E-state index < -0.39 is 0 Å². The van der Waals surface area contributed by atoms with Gasteiger partial charge in [-0.3, -0.25) is 4.90 Å². The summed E-state index contributed by atoms with van der Waals surface area (Å²) in [5, 5.41) is 1.12. The Balaban J connectivity index is 1.32. The predicted octanol–water partition coefficient (Wildman–Crippen LogP) is 5.19. The molecule has 1 aromatic heterocycles. The van der Waals surface area contributed by atoms with Crippen molar-refractivity contribution in [2.24, 2.45) is 0 Å². The lowest BCUT2D eigenvalue weighted by atomic mass is 10.2. The van der Waals surface area contributed by atoms with Crippen LogP contribution < -0.4 is 4.74 Å². The Morgan fingerprint density at radius 3 is 2.67 bits per heavy atom. The van der Waals surface area contributed by atoms with E-state index >= 15 is 0 Å². The minimum Gasteiger partial charge on any atom is -0.494 e. The average Bonchev–Trinajstić information content (AvgIpc) is 3.12. The van der Waals surface area contributed by atoms with E-state index in [1.54, 1.807) is 12.1 Å². The van der Waals surface area contributed by atoms with Crippen molar-refractivity contribution in [2.45, 2.75) is 19.3 Å². The molecule has 0 unspecified atom stereocenters. The highest BCUT2D eigenvalue weighted by Crippen LogP contribution is 2.25. The third kappa shape index (κ3) is 4.40. The van der Waals surface area contributed by atoms with E-state index in [9.17, 15) is 4.39 Å². The van der Waals surface area contributed by atoms with Crippen molar-refractivity contribution in [3.63, 3.8) is 0 Å². The van der Waals surface area contributed by atoms with Crippen LogP contribution in [-0.2, 0) is 0 Å². The summed E-state index contributed by atoms with van der Waals surface area (Å²) in [4.78, 5) is 2.49. The second kappa shape index (κ2) is 8.40. The topological polar surface area (TPSA) is 17.4 Å². The van der Waals surface area contributed by atoms with Crippen molar-refractivity contribution < 1.29 is 9.13 Å². The SMILES string of the molecule is Fc1ccc(-n2ccc3cc(OCCCCN4CC=CCC4)ccc32)cc1. The second-order valence-corrected chi connectivity index (χ2v) is 7.00. The van der Waals surface area contributed by atoms with Gasteiger partial charge in [0.1, 0.15) is 11.6 Å². The van der Waals surface area contributed by atoms with Crippen molar-refractivity contribution in [3.8, 4) is 11.4 Å². The summed E-state index contributed by atoms with van der Waals surface area (Å²) < 4.78 is 21.1. The maximum absolute atomic E-state index is 13.1. The van der Waals surface area contributed by atoms with Gasteiger partial charge in [-0.25, -0.2) is 4.39 Å². The first-order chi connectivity index (χ1) is 13.3. The molecule has 0 aliphatic carbocycles. The second-order valence-electron chi connectivity index (χ2n) is 7.00. The number of halogens is 1. The van der Waals surface area contributed by atoms with Crippen LogP contribution in [0.3, 0.4) is 0 Å². The molecule has 1 aliphatic heterocycles. The van der Waals surface area contributed by atoms with Crippen molar-refractivity contribution in [1.82, 2.24) is 9.47 Å². The number of hydrogen-bond donors (Lipinski definition) is 0. The Kier molecular flexibility index (Phi) is 5.54. The Labute approximate surface area is 159 Å². The number of aromatic nitrogens is 1. The van der Waals surface area contributed by atoms with Gasteiger partial charge in [-0.15, -0.1) is 0 Å². The monoisotopic (exact) mass is 364 g/mol. The van der Waals surface area contributed by atoms with E-state index in [2.05, 4.69) is 39.8 Å². The molecule has 1 aliphatic rings. The molecule has 2 aromatic carbocycles. The van der Waals surface area contributed by atoms with Gasteiger partial charge < -0.3 is 9.30 Å². The van der Waals surface area contributed by atoms with E-state index in [4.69, 9.17) is 4.74 Å². The highest BCUT2D eigenvalue weighted by molar-refractivity contribution is 5.83. The lowest BCUT2D eigenvalue weighted by Crippen LogP contribution is -2.28. The molecule has 0 atom stereocenters. The molecule has 0 saturated carbocycles. The third-order valence-electron chi connectivity index (χ3n) is 5.05. The number of nitrogens with zero attached hydrogens (tertiary/aromatic N) is 2. The van der Waals surface area contributed by atoms with Crippen molar-refractivity contribution in [1.29, 1.82) is 0 Å². The van der Waals surface area contributed by atoms with Gasteiger partial charge in [0, 0.05) is 30.4 Å². The molecule has 0 spiro atoms. The maximum atomic E-state index is 13.1. The van der Waals surface area contributed by atoms with Crippen LogP contribution in [0.2, 0.25) is 0 Å². The van der Waals surface area contributed by atoms with Crippen LogP contribution in [0.5, 0.6) is 5.75 Å². The van der Waals surface area contributed by atoms with Crippen molar-refractivity contribution in [3.05, 3.63) is 72.7 Å². The van der Waals surface area contributed by atoms with E-state index in [1.807, 2.05) is 12.3 Å². The largest absolute Gasteiger partial charge is 0.494 e. The fourth-order valence-corrected chi connectivity index (χ4v) is 3.56. The van der Waals surface area contributed by atoms with Crippen LogP contribution in [0, 0.1) is 5.82 Å². The fraction of sp³-hybridized carbons (Fsp3) is 0.304. The zero-order chi connectivity index (χ0) is 18.5. The number of benzene rings is 2. The first-order valence-corrected chi connectivity index (χ1v) is 9.67. The Morgan fingerprint density at radius 1 is 0.963 bits per heavy atom. The molecule has 0 radical (unpaired) electrons. The molecule has 0 bridgehead atoms. The van der Waals surface area contributed by atoms with Crippen LogP contribution in [-0.4, -0.2) is 35.7 Å². The fourth-order valence-electron chi connectivity index (χ4n) is 3.56. The first-order valence-electron chi connectivity index (χ1n) is 9.67. The molecular weight excluding hydrogens is 339 g/mol. The molecule has 0 N–H and O–H groups in total. The molecule has 4 rings (SSSR count).